The van der Waals surface area contributed by atoms with E-state index < -0.39 is 11.0 Å². The second-order valence-corrected chi connectivity index (χ2v) is 8.43. The number of anilines is 1. The number of thiazole rings is 1. The summed E-state index contributed by atoms with van der Waals surface area (Å²) in [6.45, 7) is 1.86. The van der Waals surface area contributed by atoms with Gasteiger partial charge in [0.15, 0.2) is 16.1 Å². The average molecular weight is 424 g/mol. The van der Waals surface area contributed by atoms with Gasteiger partial charge in [-0.15, -0.1) is 0 Å². The lowest BCUT2D eigenvalue weighted by molar-refractivity contribution is 0.477. The van der Waals surface area contributed by atoms with E-state index in [1.165, 1.54) is 23.6 Å². The number of rotatable bonds is 5. The molecule has 2 aromatic carbocycles. The van der Waals surface area contributed by atoms with Crippen LogP contribution in [-0.4, -0.2) is 9.19 Å². The highest BCUT2D eigenvalue weighted by Crippen LogP contribution is 2.31. The SMILES string of the molecule is Cc1cc(Cl)ccc1Oc1ccc(S(=O)Nc2ncc(Cl)s2)cc1C#N. The maximum absolute atomic E-state index is 12.4. The van der Waals surface area contributed by atoms with Crippen molar-refractivity contribution < 1.29 is 8.95 Å². The van der Waals surface area contributed by atoms with E-state index in [2.05, 4.69) is 15.8 Å². The van der Waals surface area contributed by atoms with Crippen molar-refractivity contribution >= 4 is 50.7 Å². The molecule has 0 fully saturated rings. The van der Waals surface area contributed by atoms with Crippen LogP contribution in [0.1, 0.15) is 11.1 Å². The molecule has 3 aromatic rings. The third-order valence-corrected chi connectivity index (χ3v) is 5.76. The number of nitrogens with one attached hydrogen (secondary N) is 1. The minimum Gasteiger partial charge on any atom is -0.456 e. The number of nitrogens with zero attached hydrogens (tertiary/aromatic N) is 2. The molecule has 1 aromatic heterocycles. The first-order valence-corrected chi connectivity index (χ1v) is 9.96. The fourth-order valence-electron chi connectivity index (χ4n) is 2.09. The van der Waals surface area contributed by atoms with Crippen molar-refractivity contribution in [1.29, 1.82) is 5.26 Å². The largest absolute Gasteiger partial charge is 0.456 e. The zero-order chi connectivity index (χ0) is 18.7. The summed E-state index contributed by atoms with van der Waals surface area (Å²) < 4.78 is 21.5. The van der Waals surface area contributed by atoms with Gasteiger partial charge in [-0.1, -0.05) is 34.5 Å². The van der Waals surface area contributed by atoms with Gasteiger partial charge in [0, 0.05) is 5.02 Å². The summed E-state index contributed by atoms with van der Waals surface area (Å²) in [7, 11) is -1.58. The lowest BCUT2D eigenvalue weighted by Gasteiger charge is -2.11. The number of aromatic nitrogens is 1. The summed E-state index contributed by atoms with van der Waals surface area (Å²) in [6, 6.07) is 12.0. The molecule has 0 amide bonds. The molecule has 0 spiro atoms. The first-order valence-electron chi connectivity index (χ1n) is 7.24. The molecule has 0 aliphatic carbocycles. The molecule has 9 heteroatoms. The minimum absolute atomic E-state index is 0.268. The normalized spacial score (nSPS) is 11.6. The van der Waals surface area contributed by atoms with Crippen molar-refractivity contribution in [3.63, 3.8) is 0 Å². The van der Waals surface area contributed by atoms with E-state index in [-0.39, 0.29) is 5.56 Å². The van der Waals surface area contributed by atoms with Crippen molar-refractivity contribution in [2.24, 2.45) is 0 Å². The third-order valence-electron chi connectivity index (χ3n) is 3.30. The van der Waals surface area contributed by atoms with Crippen molar-refractivity contribution in [2.45, 2.75) is 11.8 Å². The number of nitriles is 1. The number of halogens is 2. The molecule has 1 atom stereocenters. The Morgan fingerprint density at radius 3 is 2.65 bits per heavy atom. The lowest BCUT2D eigenvalue weighted by atomic mass is 10.2. The van der Waals surface area contributed by atoms with Crippen LogP contribution in [0.25, 0.3) is 0 Å². The summed E-state index contributed by atoms with van der Waals surface area (Å²) in [4.78, 5) is 4.42. The quantitative estimate of drug-likeness (QED) is 0.582. The average Bonchev–Trinajstić information content (AvgIpc) is 3.02. The summed E-state index contributed by atoms with van der Waals surface area (Å²) in [5.41, 5.74) is 1.11. The standard InChI is InChI=1S/C17H11Cl2N3O2S2/c1-10-6-12(18)2-4-14(10)24-15-5-3-13(7-11(15)8-20)26(23)22-17-21-9-16(19)25-17/h2-7,9H,1H3,(H,21,22). The molecule has 0 bridgehead atoms. The van der Waals surface area contributed by atoms with E-state index >= 15 is 0 Å². The first-order chi connectivity index (χ1) is 12.5. The molecular weight excluding hydrogens is 413 g/mol. The Kier molecular flexibility index (Phi) is 5.79. The Bertz CT molecular complexity index is 1030. The molecule has 0 saturated heterocycles. The second-order valence-electron chi connectivity index (χ2n) is 5.12. The van der Waals surface area contributed by atoms with Gasteiger partial charge in [0.25, 0.3) is 0 Å². The van der Waals surface area contributed by atoms with Gasteiger partial charge < -0.3 is 4.74 Å². The van der Waals surface area contributed by atoms with E-state index in [9.17, 15) is 9.47 Å². The van der Waals surface area contributed by atoms with Crippen LogP contribution < -0.4 is 9.46 Å². The zero-order valence-electron chi connectivity index (χ0n) is 13.3. The summed E-state index contributed by atoms with van der Waals surface area (Å²) in [5.74, 6) is 0.964. The molecule has 26 heavy (non-hydrogen) atoms. The van der Waals surface area contributed by atoms with Gasteiger partial charge in [-0.2, -0.15) is 5.26 Å². The Labute approximate surface area is 166 Å². The van der Waals surface area contributed by atoms with Crippen LogP contribution in [0.2, 0.25) is 9.36 Å². The monoisotopic (exact) mass is 423 g/mol. The molecular formula is C17H11Cl2N3O2S2. The highest BCUT2D eigenvalue weighted by molar-refractivity contribution is 7.86. The molecule has 0 aliphatic rings. The lowest BCUT2D eigenvalue weighted by Crippen LogP contribution is -2.05. The van der Waals surface area contributed by atoms with Crippen LogP contribution in [0.5, 0.6) is 11.5 Å². The van der Waals surface area contributed by atoms with Gasteiger partial charge >= 0.3 is 0 Å². The fraction of sp³-hybridized carbons (Fsp3) is 0.0588. The highest BCUT2D eigenvalue weighted by atomic mass is 35.5. The van der Waals surface area contributed by atoms with Gasteiger partial charge in [-0.3, -0.25) is 4.72 Å². The zero-order valence-corrected chi connectivity index (χ0v) is 16.5. The highest BCUT2D eigenvalue weighted by Gasteiger charge is 2.13. The summed E-state index contributed by atoms with van der Waals surface area (Å²) in [5, 5.41) is 10.5. The van der Waals surface area contributed by atoms with Crippen molar-refractivity contribution in [3.05, 3.63) is 63.1 Å². The van der Waals surface area contributed by atoms with E-state index in [1.54, 1.807) is 30.3 Å². The fourth-order valence-corrected chi connectivity index (χ4v) is 4.12. The van der Waals surface area contributed by atoms with Crippen LogP contribution in [0.3, 0.4) is 0 Å². The van der Waals surface area contributed by atoms with Gasteiger partial charge in [-0.25, -0.2) is 9.19 Å². The molecule has 0 radical (unpaired) electrons. The summed E-state index contributed by atoms with van der Waals surface area (Å²) >= 11 is 12.9. The second kappa shape index (κ2) is 8.06. The number of aryl methyl sites for hydroxylation is 1. The Morgan fingerprint density at radius 2 is 2.00 bits per heavy atom. The van der Waals surface area contributed by atoms with Crippen LogP contribution in [0, 0.1) is 18.3 Å². The Hall–Kier alpha value is -2.11. The van der Waals surface area contributed by atoms with Crippen LogP contribution >= 0.6 is 34.5 Å². The van der Waals surface area contributed by atoms with Crippen LogP contribution in [0.15, 0.2) is 47.5 Å². The van der Waals surface area contributed by atoms with E-state index in [0.29, 0.717) is 30.9 Å². The van der Waals surface area contributed by atoms with Crippen LogP contribution in [-0.2, 0) is 11.0 Å². The van der Waals surface area contributed by atoms with E-state index in [0.717, 1.165) is 5.56 Å². The van der Waals surface area contributed by atoms with Crippen LogP contribution in [0.4, 0.5) is 5.13 Å². The Morgan fingerprint density at radius 1 is 1.23 bits per heavy atom. The first kappa shape index (κ1) is 18.7. The van der Waals surface area contributed by atoms with Crippen molar-refractivity contribution in [3.8, 4) is 17.6 Å². The van der Waals surface area contributed by atoms with E-state index in [4.69, 9.17) is 27.9 Å². The van der Waals surface area contributed by atoms with Crippen molar-refractivity contribution in [2.75, 3.05) is 4.72 Å². The molecule has 1 heterocycles. The number of ether oxygens (including phenoxy) is 1. The molecule has 132 valence electrons. The van der Waals surface area contributed by atoms with Gasteiger partial charge in [0.2, 0.25) is 0 Å². The van der Waals surface area contributed by atoms with E-state index in [1.807, 2.05) is 6.92 Å². The predicted octanol–water partition coefficient (Wildman–Crippen LogP) is 5.56. The predicted molar refractivity (Wildman–Crippen MR) is 105 cm³/mol. The van der Waals surface area contributed by atoms with Gasteiger partial charge in [0.1, 0.15) is 21.9 Å². The smallest absolute Gasteiger partial charge is 0.196 e. The van der Waals surface area contributed by atoms with Gasteiger partial charge in [-0.05, 0) is 48.9 Å². The molecule has 5 nitrogen and oxygen atoms in total. The molecule has 3 rings (SSSR count). The molecule has 0 aliphatic heterocycles. The molecule has 0 saturated carbocycles. The number of benzene rings is 2. The maximum Gasteiger partial charge on any atom is 0.196 e. The number of hydrogen-bond acceptors (Lipinski definition) is 5. The molecule has 1 unspecified atom stereocenters. The van der Waals surface area contributed by atoms with Gasteiger partial charge in [0.05, 0.1) is 16.7 Å². The minimum atomic E-state index is -1.58. The topological polar surface area (TPSA) is 75.0 Å². The Balaban J connectivity index is 1.83. The summed E-state index contributed by atoms with van der Waals surface area (Å²) in [6.07, 6.45) is 1.47. The molecule has 1 N–H and O–H groups in total. The number of hydrogen-bond donors (Lipinski definition) is 1. The van der Waals surface area contributed by atoms with Crippen molar-refractivity contribution in [1.82, 2.24) is 4.98 Å². The third kappa shape index (κ3) is 4.34. The maximum atomic E-state index is 12.4.